The van der Waals surface area contributed by atoms with Crippen LogP contribution in [0.2, 0.25) is 0 Å². The van der Waals surface area contributed by atoms with Crippen LogP contribution < -0.4 is 5.32 Å². The van der Waals surface area contributed by atoms with Gasteiger partial charge in [0.05, 0.1) is 0 Å². The minimum absolute atomic E-state index is 0.462. The van der Waals surface area contributed by atoms with Gasteiger partial charge in [-0.1, -0.05) is 31.4 Å². The molecule has 16 heavy (non-hydrogen) atoms. The van der Waals surface area contributed by atoms with Crippen molar-refractivity contribution in [1.82, 2.24) is 10.3 Å². The van der Waals surface area contributed by atoms with Crippen LogP contribution in [0.25, 0.3) is 12.2 Å². The van der Waals surface area contributed by atoms with Gasteiger partial charge in [0, 0.05) is 23.5 Å². The zero-order valence-electron chi connectivity index (χ0n) is 10.1. The molecule has 0 spiro atoms. The standard InChI is InChI=1S/C14H20N2/c1-5-7-8-13-12(9-11(3)15-4)10-16-14(13)6-2/h5-8,10-11,15-16H,1-2,9H2,3-4H3/b8-7-. The van der Waals surface area contributed by atoms with Crippen molar-refractivity contribution in [2.45, 2.75) is 19.4 Å². The Kier molecular flexibility index (Phi) is 4.80. The van der Waals surface area contributed by atoms with E-state index in [0.29, 0.717) is 6.04 Å². The molecule has 0 aliphatic carbocycles. The first-order chi connectivity index (χ1) is 7.72. The van der Waals surface area contributed by atoms with Crippen LogP contribution >= 0.6 is 0 Å². The lowest BCUT2D eigenvalue weighted by Gasteiger charge is -2.09. The van der Waals surface area contributed by atoms with Crippen molar-refractivity contribution in [3.63, 3.8) is 0 Å². The molecule has 1 unspecified atom stereocenters. The third-order valence-corrected chi connectivity index (χ3v) is 2.66. The Morgan fingerprint density at radius 3 is 2.81 bits per heavy atom. The van der Waals surface area contributed by atoms with Crippen LogP contribution in [0.4, 0.5) is 0 Å². The molecule has 2 N–H and O–H groups in total. The molecule has 0 saturated heterocycles. The summed E-state index contributed by atoms with van der Waals surface area (Å²) in [6.07, 6.45) is 10.7. The maximum Gasteiger partial charge on any atom is 0.0450 e. The summed E-state index contributed by atoms with van der Waals surface area (Å²) in [5.74, 6) is 0. The van der Waals surface area contributed by atoms with Crippen LogP contribution in [0, 0.1) is 0 Å². The summed E-state index contributed by atoms with van der Waals surface area (Å²) < 4.78 is 0. The fourth-order valence-corrected chi connectivity index (χ4v) is 1.62. The van der Waals surface area contributed by atoms with E-state index >= 15 is 0 Å². The van der Waals surface area contributed by atoms with E-state index in [9.17, 15) is 0 Å². The van der Waals surface area contributed by atoms with E-state index in [1.807, 2.05) is 25.4 Å². The highest BCUT2D eigenvalue weighted by Crippen LogP contribution is 2.19. The molecule has 1 aromatic rings. The number of hydrogen-bond acceptors (Lipinski definition) is 1. The summed E-state index contributed by atoms with van der Waals surface area (Å²) in [5.41, 5.74) is 3.57. The quantitative estimate of drug-likeness (QED) is 0.703. The van der Waals surface area contributed by atoms with Crippen molar-refractivity contribution in [3.05, 3.63) is 48.3 Å². The maximum absolute atomic E-state index is 3.81. The molecule has 1 rings (SSSR count). The van der Waals surface area contributed by atoms with Crippen LogP contribution in [0.5, 0.6) is 0 Å². The van der Waals surface area contributed by atoms with E-state index in [4.69, 9.17) is 0 Å². The number of aromatic amines is 1. The van der Waals surface area contributed by atoms with Gasteiger partial charge in [-0.05, 0) is 32.0 Å². The Morgan fingerprint density at radius 2 is 2.25 bits per heavy atom. The van der Waals surface area contributed by atoms with Crippen LogP contribution in [0.3, 0.4) is 0 Å². The van der Waals surface area contributed by atoms with E-state index < -0.39 is 0 Å². The largest absolute Gasteiger partial charge is 0.361 e. The molecule has 86 valence electrons. The Hall–Kier alpha value is -1.54. The van der Waals surface area contributed by atoms with Gasteiger partial charge < -0.3 is 10.3 Å². The van der Waals surface area contributed by atoms with Gasteiger partial charge in [-0.25, -0.2) is 0 Å². The lowest BCUT2D eigenvalue weighted by Crippen LogP contribution is -2.23. The number of aromatic nitrogens is 1. The van der Waals surface area contributed by atoms with E-state index in [0.717, 1.165) is 12.1 Å². The Bertz CT molecular complexity index is 385. The number of hydrogen-bond donors (Lipinski definition) is 2. The van der Waals surface area contributed by atoms with E-state index in [2.05, 4.69) is 36.5 Å². The van der Waals surface area contributed by atoms with E-state index in [1.165, 1.54) is 11.1 Å². The molecule has 0 fully saturated rings. The maximum atomic E-state index is 3.81. The van der Waals surface area contributed by atoms with Crippen molar-refractivity contribution in [1.29, 1.82) is 0 Å². The molecule has 0 saturated carbocycles. The third-order valence-electron chi connectivity index (χ3n) is 2.66. The van der Waals surface area contributed by atoms with E-state index in [-0.39, 0.29) is 0 Å². The average molecular weight is 216 g/mol. The molecule has 0 aliphatic rings. The molecule has 0 aromatic carbocycles. The Labute approximate surface area is 97.8 Å². The molecule has 0 aliphatic heterocycles. The van der Waals surface area contributed by atoms with Gasteiger partial charge in [0.1, 0.15) is 0 Å². The predicted octanol–water partition coefficient (Wildman–Crippen LogP) is 3.01. The summed E-state index contributed by atoms with van der Waals surface area (Å²) in [4.78, 5) is 3.23. The summed E-state index contributed by atoms with van der Waals surface area (Å²) in [5, 5.41) is 3.24. The summed E-state index contributed by atoms with van der Waals surface area (Å²) >= 11 is 0. The van der Waals surface area contributed by atoms with Gasteiger partial charge in [-0.3, -0.25) is 0 Å². The molecule has 2 nitrogen and oxygen atoms in total. The third kappa shape index (κ3) is 2.97. The first-order valence-corrected chi connectivity index (χ1v) is 5.52. The normalized spacial score (nSPS) is 12.9. The molecule has 1 aromatic heterocycles. The van der Waals surface area contributed by atoms with Crippen LogP contribution in [0.1, 0.15) is 23.7 Å². The fraction of sp³-hybridized carbons (Fsp3) is 0.286. The second-order valence-electron chi connectivity index (χ2n) is 3.83. The monoisotopic (exact) mass is 216 g/mol. The van der Waals surface area contributed by atoms with Gasteiger partial charge in [-0.2, -0.15) is 0 Å². The van der Waals surface area contributed by atoms with Gasteiger partial charge >= 0.3 is 0 Å². The second-order valence-corrected chi connectivity index (χ2v) is 3.83. The molecule has 2 heteroatoms. The summed E-state index contributed by atoms with van der Waals surface area (Å²) in [7, 11) is 1.98. The molecule has 0 bridgehead atoms. The van der Waals surface area contributed by atoms with Gasteiger partial charge in [-0.15, -0.1) is 0 Å². The van der Waals surface area contributed by atoms with Crippen molar-refractivity contribution in [2.24, 2.45) is 0 Å². The highest BCUT2D eigenvalue weighted by Gasteiger charge is 2.08. The lowest BCUT2D eigenvalue weighted by molar-refractivity contribution is 0.608. The minimum Gasteiger partial charge on any atom is -0.361 e. The van der Waals surface area contributed by atoms with Crippen molar-refractivity contribution < 1.29 is 0 Å². The molecule has 0 amide bonds. The highest BCUT2D eigenvalue weighted by atomic mass is 14.8. The van der Waals surface area contributed by atoms with Gasteiger partial charge in [0.25, 0.3) is 0 Å². The Balaban J connectivity index is 2.99. The van der Waals surface area contributed by atoms with Crippen molar-refractivity contribution in [3.8, 4) is 0 Å². The highest BCUT2D eigenvalue weighted by molar-refractivity contribution is 5.66. The molecular weight excluding hydrogens is 196 g/mol. The van der Waals surface area contributed by atoms with Gasteiger partial charge in [0.15, 0.2) is 0 Å². The molecule has 1 heterocycles. The molecular formula is C14H20N2. The minimum atomic E-state index is 0.462. The first-order valence-electron chi connectivity index (χ1n) is 5.52. The number of likely N-dealkylation sites (N-methyl/N-ethyl adjacent to an activating group) is 1. The SMILES string of the molecule is C=C/C=C\c1c(CC(C)NC)c[nH]c1C=C. The number of nitrogens with one attached hydrogen (secondary N) is 2. The smallest absolute Gasteiger partial charge is 0.0450 e. The average Bonchev–Trinajstić information content (AvgIpc) is 2.68. The summed E-state index contributed by atoms with van der Waals surface area (Å²) in [6.45, 7) is 9.66. The molecule has 0 radical (unpaired) electrons. The topological polar surface area (TPSA) is 27.8 Å². The predicted molar refractivity (Wildman–Crippen MR) is 72.3 cm³/mol. The van der Waals surface area contributed by atoms with Gasteiger partial charge in [0.2, 0.25) is 0 Å². The van der Waals surface area contributed by atoms with E-state index in [1.54, 1.807) is 6.08 Å². The van der Waals surface area contributed by atoms with Crippen molar-refractivity contribution in [2.75, 3.05) is 7.05 Å². The van der Waals surface area contributed by atoms with Crippen molar-refractivity contribution >= 4 is 12.2 Å². The zero-order chi connectivity index (χ0) is 12.0. The molecule has 1 atom stereocenters. The fourth-order valence-electron chi connectivity index (χ4n) is 1.62. The second kappa shape index (κ2) is 6.13. The number of H-pyrrole nitrogens is 1. The Morgan fingerprint density at radius 1 is 1.50 bits per heavy atom. The zero-order valence-corrected chi connectivity index (χ0v) is 10.1. The number of rotatable bonds is 6. The summed E-state index contributed by atoms with van der Waals surface area (Å²) in [6, 6.07) is 0.462. The lowest BCUT2D eigenvalue weighted by atomic mass is 10.0. The number of allylic oxidation sites excluding steroid dienone is 2. The van der Waals surface area contributed by atoms with Crippen LogP contribution in [-0.2, 0) is 6.42 Å². The first kappa shape index (κ1) is 12.5. The van der Waals surface area contributed by atoms with Crippen LogP contribution in [-0.4, -0.2) is 18.1 Å². The van der Waals surface area contributed by atoms with Crippen LogP contribution in [0.15, 0.2) is 31.5 Å².